The number of benzene rings is 2. The maximum atomic E-state index is 12.2. The fourth-order valence-corrected chi connectivity index (χ4v) is 2.48. The molecule has 0 heterocycles. The lowest BCUT2D eigenvalue weighted by Crippen LogP contribution is -2.34. The third-order valence-corrected chi connectivity index (χ3v) is 3.73. The molecule has 0 saturated carbocycles. The molecule has 0 bridgehead atoms. The zero-order chi connectivity index (χ0) is 16.7. The number of hydrogen-bond acceptors (Lipinski definition) is 2. The van der Waals surface area contributed by atoms with Crippen molar-refractivity contribution in [1.82, 2.24) is 10.2 Å². The molecule has 0 fully saturated rings. The molecule has 3 nitrogen and oxygen atoms in total. The van der Waals surface area contributed by atoms with Crippen LogP contribution in [-0.4, -0.2) is 31.4 Å². The molecule has 4 heteroatoms. The molecule has 1 amide bonds. The van der Waals surface area contributed by atoms with Crippen molar-refractivity contribution in [3.8, 4) is 0 Å². The molecule has 0 aromatic heterocycles. The molecule has 0 aliphatic carbocycles. The lowest BCUT2D eigenvalue weighted by atomic mass is 10.1. The van der Waals surface area contributed by atoms with Crippen LogP contribution in [-0.2, 0) is 4.79 Å². The standard InChI is InChI=1S/C19H21ClN2O/c1-22(2)14-18(16-9-4-3-5-10-16)21-19(23)13-12-15-8-6-7-11-17(15)20/h3-13,18H,14H2,1-2H3,(H,21,23)/b13-12+/t18-/m1/s1. The average molecular weight is 329 g/mol. The molecule has 1 N–H and O–H groups in total. The van der Waals surface area contributed by atoms with Crippen LogP contribution in [0.2, 0.25) is 5.02 Å². The molecule has 0 spiro atoms. The predicted molar refractivity (Wildman–Crippen MR) is 96.4 cm³/mol. The monoisotopic (exact) mass is 328 g/mol. The molecule has 0 unspecified atom stereocenters. The van der Waals surface area contributed by atoms with Crippen LogP contribution in [0.5, 0.6) is 0 Å². The van der Waals surface area contributed by atoms with Crippen LogP contribution >= 0.6 is 11.6 Å². The minimum absolute atomic E-state index is 0.0606. The van der Waals surface area contributed by atoms with E-state index in [-0.39, 0.29) is 11.9 Å². The SMILES string of the molecule is CN(C)C[C@@H](NC(=O)/C=C/c1ccccc1Cl)c1ccccc1. The van der Waals surface area contributed by atoms with Gasteiger partial charge < -0.3 is 10.2 Å². The molecule has 0 saturated heterocycles. The largest absolute Gasteiger partial charge is 0.344 e. The van der Waals surface area contributed by atoms with Crippen LogP contribution < -0.4 is 5.32 Å². The van der Waals surface area contributed by atoms with Crippen molar-refractivity contribution in [3.63, 3.8) is 0 Å². The first-order valence-corrected chi connectivity index (χ1v) is 7.87. The van der Waals surface area contributed by atoms with Crippen LogP contribution in [0.1, 0.15) is 17.2 Å². The van der Waals surface area contributed by atoms with Crippen molar-refractivity contribution in [2.45, 2.75) is 6.04 Å². The smallest absolute Gasteiger partial charge is 0.244 e. The predicted octanol–water partition coefficient (Wildman–Crippen LogP) is 3.77. The van der Waals surface area contributed by atoms with Crippen LogP contribution in [0.4, 0.5) is 0 Å². The summed E-state index contributed by atoms with van der Waals surface area (Å²) in [4.78, 5) is 14.3. The summed E-state index contributed by atoms with van der Waals surface area (Å²) in [6.45, 7) is 0.732. The van der Waals surface area contributed by atoms with Gasteiger partial charge in [-0.05, 0) is 37.4 Å². The highest BCUT2D eigenvalue weighted by molar-refractivity contribution is 6.32. The highest BCUT2D eigenvalue weighted by Gasteiger charge is 2.13. The van der Waals surface area contributed by atoms with E-state index in [1.165, 1.54) is 6.08 Å². The Labute approximate surface area is 142 Å². The number of likely N-dealkylation sites (N-methyl/N-ethyl adjacent to an activating group) is 1. The first-order valence-electron chi connectivity index (χ1n) is 7.49. The summed E-state index contributed by atoms with van der Waals surface area (Å²) in [5.41, 5.74) is 1.91. The molecular weight excluding hydrogens is 308 g/mol. The van der Waals surface area contributed by atoms with E-state index in [4.69, 9.17) is 11.6 Å². The quantitative estimate of drug-likeness (QED) is 0.819. The zero-order valence-corrected chi connectivity index (χ0v) is 14.1. The van der Waals surface area contributed by atoms with Gasteiger partial charge in [-0.3, -0.25) is 4.79 Å². The minimum Gasteiger partial charge on any atom is -0.344 e. The molecule has 1 atom stereocenters. The van der Waals surface area contributed by atoms with Crippen molar-refractivity contribution < 1.29 is 4.79 Å². The lowest BCUT2D eigenvalue weighted by Gasteiger charge is -2.22. The Bertz CT molecular complexity index is 668. The Kier molecular flexibility index (Phi) is 6.39. The maximum Gasteiger partial charge on any atom is 0.244 e. The summed E-state index contributed by atoms with van der Waals surface area (Å²) in [6.07, 6.45) is 3.25. The van der Waals surface area contributed by atoms with Gasteiger partial charge in [-0.1, -0.05) is 60.1 Å². The van der Waals surface area contributed by atoms with E-state index in [1.807, 2.05) is 62.6 Å². The number of nitrogens with one attached hydrogen (secondary N) is 1. The molecule has 0 aliphatic heterocycles. The Hall–Kier alpha value is -2.10. The molecule has 23 heavy (non-hydrogen) atoms. The van der Waals surface area contributed by atoms with E-state index < -0.39 is 0 Å². The van der Waals surface area contributed by atoms with Crippen LogP contribution in [0.25, 0.3) is 6.08 Å². The number of rotatable bonds is 6. The second kappa shape index (κ2) is 8.51. The van der Waals surface area contributed by atoms with Gasteiger partial charge in [0, 0.05) is 17.6 Å². The fraction of sp³-hybridized carbons (Fsp3) is 0.211. The van der Waals surface area contributed by atoms with E-state index in [2.05, 4.69) is 10.2 Å². The number of carbonyl (C=O) groups excluding carboxylic acids is 1. The van der Waals surface area contributed by atoms with E-state index in [9.17, 15) is 4.79 Å². The molecular formula is C19H21ClN2O. The van der Waals surface area contributed by atoms with Gasteiger partial charge in [0.1, 0.15) is 0 Å². The first-order chi connectivity index (χ1) is 11.1. The van der Waals surface area contributed by atoms with Gasteiger partial charge in [-0.15, -0.1) is 0 Å². The summed E-state index contributed by atoms with van der Waals surface area (Å²) < 4.78 is 0. The molecule has 120 valence electrons. The highest BCUT2D eigenvalue weighted by Crippen LogP contribution is 2.17. The van der Waals surface area contributed by atoms with E-state index in [1.54, 1.807) is 12.1 Å². The van der Waals surface area contributed by atoms with E-state index in [0.717, 1.165) is 17.7 Å². The maximum absolute atomic E-state index is 12.2. The Morgan fingerprint density at radius 3 is 2.43 bits per heavy atom. The number of nitrogens with zero attached hydrogens (tertiary/aromatic N) is 1. The average Bonchev–Trinajstić information content (AvgIpc) is 2.54. The van der Waals surface area contributed by atoms with Crippen molar-refractivity contribution in [1.29, 1.82) is 0 Å². The van der Waals surface area contributed by atoms with Crippen molar-refractivity contribution in [2.24, 2.45) is 0 Å². The van der Waals surface area contributed by atoms with Gasteiger partial charge in [0.05, 0.1) is 6.04 Å². The summed E-state index contributed by atoms with van der Waals surface area (Å²) in [5, 5.41) is 3.67. The number of carbonyl (C=O) groups is 1. The summed E-state index contributed by atoms with van der Waals surface area (Å²) in [6, 6.07) is 17.3. The molecule has 0 radical (unpaired) electrons. The fourth-order valence-electron chi connectivity index (χ4n) is 2.28. The van der Waals surface area contributed by atoms with Crippen molar-refractivity contribution in [2.75, 3.05) is 20.6 Å². The van der Waals surface area contributed by atoms with Gasteiger partial charge >= 0.3 is 0 Å². The van der Waals surface area contributed by atoms with E-state index in [0.29, 0.717) is 5.02 Å². The number of amides is 1. The number of hydrogen-bond donors (Lipinski definition) is 1. The van der Waals surface area contributed by atoms with Gasteiger partial charge in [0.15, 0.2) is 0 Å². The van der Waals surface area contributed by atoms with Gasteiger partial charge in [-0.2, -0.15) is 0 Å². The Balaban J connectivity index is 2.07. The molecule has 2 aromatic carbocycles. The van der Waals surface area contributed by atoms with Gasteiger partial charge in [0.25, 0.3) is 0 Å². The lowest BCUT2D eigenvalue weighted by molar-refractivity contribution is -0.117. The molecule has 2 rings (SSSR count). The first kappa shape index (κ1) is 17.3. The highest BCUT2D eigenvalue weighted by atomic mass is 35.5. The Morgan fingerprint density at radius 2 is 1.78 bits per heavy atom. The normalized spacial score (nSPS) is 12.5. The van der Waals surface area contributed by atoms with Crippen molar-refractivity contribution >= 4 is 23.6 Å². The summed E-state index contributed by atoms with van der Waals surface area (Å²) in [5.74, 6) is -0.138. The van der Waals surface area contributed by atoms with Crippen molar-refractivity contribution in [3.05, 3.63) is 76.8 Å². The van der Waals surface area contributed by atoms with Crippen LogP contribution in [0.15, 0.2) is 60.7 Å². The van der Waals surface area contributed by atoms with Crippen LogP contribution in [0, 0.1) is 0 Å². The molecule has 0 aliphatic rings. The second-order valence-electron chi connectivity index (χ2n) is 5.59. The molecule has 2 aromatic rings. The number of halogens is 1. The summed E-state index contributed by atoms with van der Waals surface area (Å²) >= 11 is 6.09. The third kappa shape index (κ3) is 5.55. The van der Waals surface area contributed by atoms with Gasteiger partial charge in [-0.25, -0.2) is 0 Å². The summed E-state index contributed by atoms with van der Waals surface area (Å²) in [7, 11) is 3.98. The second-order valence-corrected chi connectivity index (χ2v) is 6.00. The zero-order valence-electron chi connectivity index (χ0n) is 13.4. The van der Waals surface area contributed by atoms with Crippen LogP contribution in [0.3, 0.4) is 0 Å². The van der Waals surface area contributed by atoms with E-state index >= 15 is 0 Å². The minimum atomic E-state index is -0.138. The Morgan fingerprint density at radius 1 is 1.13 bits per heavy atom. The van der Waals surface area contributed by atoms with Gasteiger partial charge in [0.2, 0.25) is 5.91 Å². The topological polar surface area (TPSA) is 32.3 Å². The third-order valence-electron chi connectivity index (χ3n) is 3.39.